The van der Waals surface area contributed by atoms with E-state index in [2.05, 4.69) is 4.18 Å². The van der Waals surface area contributed by atoms with Crippen molar-refractivity contribution < 1.29 is 35.3 Å². The average molecular weight is 399 g/mol. The van der Waals surface area contributed by atoms with Crippen molar-refractivity contribution in [1.82, 2.24) is 4.48 Å². The van der Waals surface area contributed by atoms with Crippen LogP contribution in [0.2, 0.25) is 0 Å². The minimum Gasteiger partial charge on any atom is -0.726 e. The van der Waals surface area contributed by atoms with Gasteiger partial charge in [0.25, 0.3) is 0 Å². The summed E-state index contributed by atoms with van der Waals surface area (Å²) in [5, 5.41) is 0. The summed E-state index contributed by atoms with van der Waals surface area (Å²) in [6.07, 6.45) is 0. The lowest BCUT2D eigenvalue weighted by Gasteiger charge is -2.24. The molecule has 25 heavy (non-hydrogen) atoms. The summed E-state index contributed by atoms with van der Waals surface area (Å²) in [4.78, 5) is 0. The highest BCUT2D eigenvalue weighted by molar-refractivity contribution is 7.80. The molecular formula is C14H26NO8PS. The normalized spacial score (nSPS) is 12.3. The van der Waals surface area contributed by atoms with Crippen molar-refractivity contribution in [3.05, 3.63) is 24.3 Å². The van der Waals surface area contributed by atoms with E-state index < -0.39 is 18.2 Å². The Morgan fingerprint density at radius 2 is 1.60 bits per heavy atom. The zero-order valence-corrected chi connectivity index (χ0v) is 17.0. The molecule has 0 N–H and O–H groups in total. The van der Waals surface area contributed by atoms with Gasteiger partial charge in [-0.15, -0.1) is 0 Å². The van der Waals surface area contributed by atoms with Crippen LogP contribution in [0.15, 0.2) is 24.3 Å². The number of hydrogen-bond acceptors (Lipinski definition) is 8. The van der Waals surface area contributed by atoms with Gasteiger partial charge in [0.2, 0.25) is 10.4 Å². The van der Waals surface area contributed by atoms with Gasteiger partial charge in [0.05, 0.1) is 41.5 Å². The van der Waals surface area contributed by atoms with E-state index in [1.54, 1.807) is 19.9 Å². The van der Waals surface area contributed by atoms with E-state index in [-0.39, 0.29) is 13.2 Å². The summed E-state index contributed by atoms with van der Waals surface area (Å²) in [7, 11) is -0.988. The van der Waals surface area contributed by atoms with Gasteiger partial charge in [0.15, 0.2) is 0 Å². The van der Waals surface area contributed by atoms with Gasteiger partial charge in [-0.05, 0) is 26.0 Å². The Balaban J connectivity index is 0.000000823. The van der Waals surface area contributed by atoms with Gasteiger partial charge in [-0.2, -0.15) is 0 Å². The molecule has 0 aliphatic rings. The van der Waals surface area contributed by atoms with Crippen molar-refractivity contribution in [1.29, 1.82) is 0 Å². The van der Waals surface area contributed by atoms with Crippen molar-refractivity contribution >= 4 is 23.9 Å². The summed E-state index contributed by atoms with van der Waals surface area (Å²) < 4.78 is 59.6. The van der Waals surface area contributed by atoms with Gasteiger partial charge in [0.1, 0.15) is 11.4 Å². The Labute approximate surface area is 149 Å². The molecule has 0 aliphatic heterocycles. The molecule has 0 atom stereocenters. The average Bonchev–Trinajstić information content (AvgIpc) is 2.47. The third kappa shape index (κ3) is 10.6. The van der Waals surface area contributed by atoms with Crippen molar-refractivity contribution in [2.24, 2.45) is 0 Å². The van der Waals surface area contributed by atoms with Gasteiger partial charge in [-0.3, -0.25) is 17.7 Å². The van der Waals surface area contributed by atoms with Crippen LogP contribution < -0.4 is 9.01 Å². The quantitative estimate of drug-likeness (QED) is 0.284. The van der Waals surface area contributed by atoms with E-state index >= 15 is 0 Å². The molecule has 1 aromatic carbocycles. The van der Waals surface area contributed by atoms with Crippen molar-refractivity contribution in [3.63, 3.8) is 0 Å². The number of rotatable bonds is 8. The molecule has 0 unspecified atom stereocenters. The standard InChI is InChI=1S/C13H23NO4P.CH4O4S/c1-6-16-19(15,17-7-2)18-13-10-8-9-12(11-13)14(3,4)5;1-5-6(2,3)4/h8-11H,6-7H2,1-5H3;1H3,(H,2,3,4)/q+1;/p-1. The second kappa shape index (κ2) is 10.2. The van der Waals surface area contributed by atoms with Gasteiger partial charge in [0, 0.05) is 6.07 Å². The van der Waals surface area contributed by atoms with Crippen molar-refractivity contribution in [2.45, 2.75) is 13.8 Å². The first-order chi connectivity index (χ1) is 11.4. The van der Waals surface area contributed by atoms with Crippen LogP contribution >= 0.6 is 7.82 Å². The van der Waals surface area contributed by atoms with Crippen LogP contribution in [0.4, 0.5) is 5.69 Å². The second-order valence-electron chi connectivity index (χ2n) is 5.46. The lowest BCUT2D eigenvalue weighted by atomic mass is 10.2. The fraction of sp³-hybridized carbons (Fsp3) is 0.571. The number of phosphoric acid groups is 1. The summed E-state index contributed by atoms with van der Waals surface area (Å²) >= 11 is 0. The molecule has 0 aliphatic carbocycles. The minimum absolute atomic E-state index is 0.270. The third-order valence-corrected chi connectivity index (χ3v) is 4.58. The molecule has 0 aromatic heterocycles. The first-order valence-electron chi connectivity index (χ1n) is 7.39. The summed E-state index contributed by atoms with van der Waals surface area (Å²) in [5.74, 6) is 0.482. The van der Waals surface area contributed by atoms with Gasteiger partial charge >= 0.3 is 7.82 Å². The lowest BCUT2D eigenvalue weighted by molar-refractivity contribution is 0.167. The number of hydrogen-bond donors (Lipinski definition) is 0. The van der Waals surface area contributed by atoms with E-state index in [9.17, 15) is 17.5 Å². The van der Waals surface area contributed by atoms with Crippen LogP contribution in [0, 0.1) is 0 Å². The maximum atomic E-state index is 12.3. The molecular weight excluding hydrogens is 373 g/mol. The highest BCUT2D eigenvalue weighted by Crippen LogP contribution is 2.49. The SMILES string of the molecule is CCOP(=O)(OCC)Oc1cccc([N+](C)(C)C)c1.COS(=O)(=O)[O-]. The maximum Gasteiger partial charge on any atom is 0.530 e. The molecule has 0 saturated heterocycles. The number of nitrogens with zero attached hydrogens (tertiary/aromatic N) is 1. The topological polar surface area (TPSA) is 111 Å². The largest absolute Gasteiger partial charge is 0.726 e. The fourth-order valence-electron chi connectivity index (χ4n) is 1.49. The molecule has 0 heterocycles. The Bertz CT molecular complexity index is 662. The fourth-order valence-corrected chi connectivity index (χ4v) is 2.68. The van der Waals surface area contributed by atoms with Crippen LogP contribution in [-0.4, -0.2) is 54.4 Å². The van der Waals surface area contributed by atoms with Gasteiger partial charge < -0.3 is 9.08 Å². The van der Waals surface area contributed by atoms with E-state index in [1.807, 2.05) is 39.3 Å². The number of benzene rings is 1. The Morgan fingerprint density at radius 1 is 1.12 bits per heavy atom. The molecule has 1 rings (SSSR count). The van der Waals surface area contributed by atoms with Crippen LogP contribution in [0.3, 0.4) is 0 Å². The van der Waals surface area contributed by atoms with Crippen LogP contribution in [0.1, 0.15) is 13.8 Å². The van der Waals surface area contributed by atoms with Crippen molar-refractivity contribution in [3.8, 4) is 5.75 Å². The zero-order valence-electron chi connectivity index (χ0n) is 15.3. The second-order valence-corrected chi connectivity index (χ2v) is 8.20. The molecule has 146 valence electrons. The minimum atomic E-state index is -4.41. The lowest BCUT2D eigenvalue weighted by Crippen LogP contribution is -2.34. The number of quaternary nitrogens is 1. The first kappa shape index (κ1) is 24.0. The molecule has 0 fully saturated rings. The molecule has 0 saturated carbocycles. The zero-order chi connectivity index (χ0) is 19.7. The predicted octanol–water partition coefficient (Wildman–Crippen LogP) is 2.54. The van der Waals surface area contributed by atoms with E-state index in [4.69, 9.17) is 13.6 Å². The van der Waals surface area contributed by atoms with E-state index in [1.165, 1.54) is 0 Å². The van der Waals surface area contributed by atoms with E-state index in [0.29, 0.717) is 10.2 Å². The Morgan fingerprint density at radius 3 is 1.96 bits per heavy atom. The monoisotopic (exact) mass is 399 g/mol. The molecule has 11 heteroatoms. The molecule has 9 nitrogen and oxygen atoms in total. The molecule has 0 radical (unpaired) electrons. The molecule has 0 amide bonds. The maximum absolute atomic E-state index is 12.3. The smallest absolute Gasteiger partial charge is 0.530 e. The van der Waals surface area contributed by atoms with Gasteiger partial charge in [-0.1, -0.05) is 6.07 Å². The van der Waals surface area contributed by atoms with Crippen molar-refractivity contribution in [2.75, 3.05) is 41.5 Å². The summed E-state index contributed by atoms with van der Waals surface area (Å²) in [6, 6.07) is 7.42. The summed E-state index contributed by atoms with van der Waals surface area (Å²) in [6.45, 7) is 4.04. The van der Waals surface area contributed by atoms with Gasteiger partial charge in [-0.25, -0.2) is 13.0 Å². The highest BCUT2D eigenvalue weighted by Gasteiger charge is 2.28. The van der Waals surface area contributed by atoms with Crippen LogP contribution in [0.5, 0.6) is 5.75 Å². The van der Waals surface area contributed by atoms with Crippen LogP contribution in [-0.2, 0) is 28.2 Å². The summed E-state index contributed by atoms with van der Waals surface area (Å²) in [5.41, 5.74) is 1.04. The highest BCUT2D eigenvalue weighted by atomic mass is 32.3. The third-order valence-electron chi connectivity index (χ3n) is 2.59. The molecule has 1 aromatic rings. The van der Waals surface area contributed by atoms with E-state index in [0.717, 1.165) is 12.8 Å². The molecule has 0 bridgehead atoms. The first-order valence-corrected chi connectivity index (χ1v) is 10.2. The Hall–Kier alpha value is -1.00. The molecule has 0 spiro atoms. The van der Waals surface area contributed by atoms with Crippen LogP contribution in [0.25, 0.3) is 0 Å². The predicted molar refractivity (Wildman–Crippen MR) is 94.2 cm³/mol. The Kier molecular flexibility index (Phi) is 9.81. The number of phosphoric ester groups is 1.